The summed E-state index contributed by atoms with van der Waals surface area (Å²) in [7, 11) is 0.464. The molecule has 1 nitrogen and oxygen atoms in total. The molecular weight excluding hydrogens is 494 g/mol. The molecule has 0 saturated carbocycles. The molecule has 0 aromatic heterocycles. The Hall–Kier alpha value is -2.73. The molecule has 0 radical (unpaired) electrons. The standard InChI is InChI=1S/C21H13F12N/c1-34-15(11-6-7-14-12(9-11)8-10-4-2-3-5-13(10)14)17(24,25)19(28,29)21(32,33)20(30,31)18(26,27)16(22)23/h2-7,9,16H,8H2,1H3. The molecule has 0 unspecified atom stereocenters. The average molecular weight is 507 g/mol. The first kappa shape index (κ1) is 25.9. The molecule has 3 rings (SSSR count). The van der Waals surface area contributed by atoms with E-state index < -0.39 is 47.3 Å². The van der Waals surface area contributed by atoms with Gasteiger partial charge in [-0.15, -0.1) is 0 Å². The van der Waals surface area contributed by atoms with Crippen molar-refractivity contribution < 1.29 is 52.7 Å². The minimum atomic E-state index is -7.60. The fourth-order valence-corrected chi connectivity index (χ4v) is 3.63. The Bertz CT molecular complexity index is 1120. The van der Waals surface area contributed by atoms with Gasteiger partial charge in [-0.25, -0.2) is 8.78 Å². The number of hydrogen-bond acceptors (Lipinski definition) is 1. The van der Waals surface area contributed by atoms with E-state index in [4.69, 9.17) is 0 Å². The molecule has 0 bridgehead atoms. The lowest BCUT2D eigenvalue weighted by atomic mass is 9.89. The van der Waals surface area contributed by atoms with Crippen LogP contribution in [0.15, 0.2) is 47.5 Å². The van der Waals surface area contributed by atoms with E-state index in [1.54, 1.807) is 24.3 Å². The lowest BCUT2D eigenvalue weighted by Crippen LogP contribution is -2.70. The van der Waals surface area contributed by atoms with E-state index in [2.05, 4.69) is 4.99 Å². The third kappa shape index (κ3) is 3.37. The number of rotatable bonds is 7. The monoisotopic (exact) mass is 507 g/mol. The molecule has 1 aliphatic carbocycles. The van der Waals surface area contributed by atoms with Crippen LogP contribution in [0.1, 0.15) is 16.7 Å². The van der Waals surface area contributed by atoms with Crippen molar-refractivity contribution in [3.8, 4) is 11.1 Å². The number of benzene rings is 2. The van der Waals surface area contributed by atoms with E-state index in [0.29, 0.717) is 23.7 Å². The van der Waals surface area contributed by atoms with Gasteiger partial charge in [0, 0.05) is 12.6 Å². The minimum Gasteiger partial charge on any atom is -0.286 e. The Kier molecular flexibility index (Phi) is 6.02. The van der Waals surface area contributed by atoms with Gasteiger partial charge in [-0.2, -0.15) is 43.9 Å². The van der Waals surface area contributed by atoms with Crippen LogP contribution in [-0.2, 0) is 6.42 Å². The number of hydrogen-bond donors (Lipinski definition) is 0. The van der Waals surface area contributed by atoms with Crippen molar-refractivity contribution in [2.75, 3.05) is 7.05 Å². The van der Waals surface area contributed by atoms with Gasteiger partial charge in [0.05, 0.1) is 0 Å². The van der Waals surface area contributed by atoms with Crippen LogP contribution >= 0.6 is 0 Å². The Morgan fingerprint density at radius 2 is 1.29 bits per heavy atom. The number of nitrogens with zero attached hydrogens (tertiary/aromatic N) is 1. The predicted octanol–water partition coefficient (Wildman–Crippen LogP) is 7.12. The lowest BCUT2D eigenvalue weighted by molar-refractivity contribution is -0.404. The Balaban J connectivity index is 2.06. The van der Waals surface area contributed by atoms with E-state index in [1.165, 1.54) is 6.07 Å². The second-order valence-corrected chi connectivity index (χ2v) is 7.50. The molecule has 0 fully saturated rings. The largest absolute Gasteiger partial charge is 0.385 e. The number of halogens is 12. The van der Waals surface area contributed by atoms with Crippen molar-refractivity contribution in [3.05, 3.63) is 59.2 Å². The first-order valence-corrected chi connectivity index (χ1v) is 9.31. The van der Waals surface area contributed by atoms with Gasteiger partial charge in [0.15, 0.2) is 0 Å². The summed E-state index contributed by atoms with van der Waals surface area (Å²) < 4.78 is 163. The predicted molar refractivity (Wildman–Crippen MR) is 97.9 cm³/mol. The normalized spacial score (nSPS) is 15.5. The highest BCUT2D eigenvalue weighted by molar-refractivity contribution is 6.07. The molecule has 13 heteroatoms. The maximum absolute atomic E-state index is 14.7. The fraction of sp³-hybridized carbons (Fsp3) is 0.381. The highest BCUT2D eigenvalue weighted by atomic mass is 19.4. The second kappa shape index (κ2) is 7.91. The van der Waals surface area contributed by atoms with Crippen LogP contribution in [0.2, 0.25) is 0 Å². The molecule has 186 valence electrons. The van der Waals surface area contributed by atoms with Crippen LogP contribution in [-0.4, -0.2) is 48.8 Å². The summed E-state index contributed by atoms with van der Waals surface area (Å²) in [6, 6.07) is 9.54. The van der Waals surface area contributed by atoms with E-state index >= 15 is 0 Å². The first-order valence-electron chi connectivity index (χ1n) is 9.31. The van der Waals surface area contributed by atoms with E-state index in [1.807, 2.05) is 0 Å². The summed E-state index contributed by atoms with van der Waals surface area (Å²) in [5.74, 6) is -35.7. The zero-order valence-corrected chi connectivity index (χ0v) is 16.8. The number of fused-ring (bicyclic) bond motifs is 3. The van der Waals surface area contributed by atoms with Crippen molar-refractivity contribution in [2.45, 2.75) is 42.5 Å². The van der Waals surface area contributed by atoms with Crippen molar-refractivity contribution in [1.29, 1.82) is 0 Å². The van der Waals surface area contributed by atoms with Crippen LogP contribution in [0.5, 0.6) is 0 Å². The zero-order chi connectivity index (χ0) is 25.9. The van der Waals surface area contributed by atoms with Crippen LogP contribution in [0, 0.1) is 0 Å². The van der Waals surface area contributed by atoms with Gasteiger partial charge in [0.25, 0.3) is 0 Å². The van der Waals surface area contributed by atoms with Gasteiger partial charge in [-0.1, -0.05) is 36.4 Å². The third-order valence-electron chi connectivity index (χ3n) is 5.46. The number of alkyl halides is 12. The quantitative estimate of drug-likeness (QED) is 0.239. The third-order valence-corrected chi connectivity index (χ3v) is 5.46. The van der Waals surface area contributed by atoms with Crippen molar-refractivity contribution >= 4 is 5.71 Å². The maximum Gasteiger partial charge on any atom is 0.385 e. The van der Waals surface area contributed by atoms with E-state index in [9.17, 15) is 52.7 Å². The molecule has 0 spiro atoms. The van der Waals surface area contributed by atoms with Gasteiger partial charge >= 0.3 is 36.0 Å². The molecule has 2 aromatic rings. The molecule has 34 heavy (non-hydrogen) atoms. The van der Waals surface area contributed by atoms with Gasteiger partial charge in [0.1, 0.15) is 5.71 Å². The highest BCUT2D eigenvalue weighted by Gasteiger charge is 2.88. The second-order valence-electron chi connectivity index (χ2n) is 7.50. The van der Waals surface area contributed by atoms with Crippen LogP contribution < -0.4 is 0 Å². The molecule has 0 amide bonds. The molecule has 0 aliphatic heterocycles. The van der Waals surface area contributed by atoms with Crippen molar-refractivity contribution in [3.63, 3.8) is 0 Å². The SMILES string of the molecule is CN=C(c1ccc2c(c1)Cc1ccccc1-2)C(F)(F)C(F)(F)C(F)(F)C(F)(F)C(F)(F)C(F)F. The van der Waals surface area contributed by atoms with E-state index in [0.717, 1.165) is 17.7 Å². The van der Waals surface area contributed by atoms with Crippen molar-refractivity contribution in [1.82, 2.24) is 0 Å². The van der Waals surface area contributed by atoms with Gasteiger partial charge < -0.3 is 0 Å². The fourth-order valence-electron chi connectivity index (χ4n) is 3.63. The molecule has 2 aromatic carbocycles. The van der Waals surface area contributed by atoms with Crippen LogP contribution in [0.25, 0.3) is 11.1 Å². The zero-order valence-electron chi connectivity index (χ0n) is 16.8. The molecular formula is C21H13F12N. The molecule has 1 aliphatic rings. The summed E-state index contributed by atoms with van der Waals surface area (Å²) in [6.45, 7) is 0. The number of aliphatic imine (C=N–C) groups is 1. The van der Waals surface area contributed by atoms with Gasteiger partial charge in [0.2, 0.25) is 0 Å². The molecule has 0 atom stereocenters. The van der Waals surface area contributed by atoms with Crippen molar-refractivity contribution in [2.24, 2.45) is 4.99 Å². The first-order chi connectivity index (χ1) is 15.4. The smallest absolute Gasteiger partial charge is 0.286 e. The highest BCUT2D eigenvalue weighted by Crippen LogP contribution is 2.58. The molecule has 0 saturated heterocycles. The van der Waals surface area contributed by atoms with E-state index in [-0.39, 0.29) is 6.42 Å². The van der Waals surface area contributed by atoms with Crippen LogP contribution in [0.3, 0.4) is 0 Å². The summed E-state index contributed by atoms with van der Waals surface area (Å²) in [4.78, 5) is 2.84. The van der Waals surface area contributed by atoms with Gasteiger partial charge in [-0.3, -0.25) is 4.99 Å². The minimum absolute atomic E-state index is 0.132. The Morgan fingerprint density at radius 3 is 1.85 bits per heavy atom. The lowest BCUT2D eigenvalue weighted by Gasteiger charge is -2.39. The summed E-state index contributed by atoms with van der Waals surface area (Å²) in [5, 5.41) is 0. The van der Waals surface area contributed by atoms with Gasteiger partial charge in [-0.05, 0) is 34.7 Å². The summed E-state index contributed by atoms with van der Waals surface area (Å²) in [5.41, 5.74) is -0.803. The van der Waals surface area contributed by atoms with Crippen LogP contribution in [0.4, 0.5) is 52.7 Å². The average Bonchev–Trinajstić information content (AvgIpc) is 3.11. The maximum atomic E-state index is 14.7. The summed E-state index contributed by atoms with van der Waals surface area (Å²) >= 11 is 0. The summed E-state index contributed by atoms with van der Waals surface area (Å²) in [6.07, 6.45) is -5.41. The Morgan fingerprint density at radius 1 is 0.735 bits per heavy atom. The topological polar surface area (TPSA) is 12.4 Å². The molecule has 0 heterocycles. The Labute approximate surface area is 184 Å². The molecule has 0 N–H and O–H groups in total.